The molecule has 1 aromatic carbocycles. The first kappa shape index (κ1) is 16.1. The van der Waals surface area contributed by atoms with Gasteiger partial charge in [0.15, 0.2) is 0 Å². The van der Waals surface area contributed by atoms with Crippen molar-refractivity contribution < 1.29 is 9.53 Å². The minimum atomic E-state index is 0.287. The molecule has 132 valence electrons. The number of ether oxygens (including phenoxy) is 1. The second-order valence-electron chi connectivity index (χ2n) is 7.01. The molecule has 6 heteroatoms. The lowest BCUT2D eigenvalue weighted by molar-refractivity contribution is -0.127. The number of likely N-dealkylation sites (tertiary alicyclic amines) is 2. The number of amides is 1. The first-order valence-corrected chi connectivity index (χ1v) is 8.80. The van der Waals surface area contributed by atoms with Crippen molar-refractivity contribution in [1.82, 2.24) is 19.6 Å². The number of fused-ring (bicyclic) bond motifs is 1. The zero-order valence-corrected chi connectivity index (χ0v) is 14.8. The van der Waals surface area contributed by atoms with Gasteiger partial charge in [-0.1, -0.05) is 0 Å². The van der Waals surface area contributed by atoms with E-state index in [1.807, 2.05) is 35.0 Å². The van der Waals surface area contributed by atoms with Crippen LogP contribution in [-0.4, -0.2) is 58.8 Å². The summed E-state index contributed by atoms with van der Waals surface area (Å²) in [6.07, 6.45) is 5.55. The number of hydrogen-bond acceptors (Lipinski definition) is 4. The molecule has 25 heavy (non-hydrogen) atoms. The molecule has 1 aromatic heterocycles. The summed E-state index contributed by atoms with van der Waals surface area (Å²) in [6, 6.07) is 8.39. The van der Waals surface area contributed by atoms with Crippen LogP contribution in [0.2, 0.25) is 0 Å². The maximum absolute atomic E-state index is 12.0. The fraction of sp³-hybridized carbons (Fsp3) is 0.474. The summed E-state index contributed by atoms with van der Waals surface area (Å²) >= 11 is 0. The van der Waals surface area contributed by atoms with Crippen LogP contribution in [0.3, 0.4) is 0 Å². The van der Waals surface area contributed by atoms with Gasteiger partial charge in [-0.3, -0.25) is 9.69 Å². The normalized spacial score (nSPS) is 23.8. The number of rotatable bonds is 4. The Morgan fingerprint density at radius 2 is 2.24 bits per heavy atom. The number of nitrogens with zero attached hydrogens (tertiary/aromatic N) is 4. The minimum absolute atomic E-state index is 0.287. The molecule has 0 spiro atoms. The first-order chi connectivity index (χ1) is 12.2. The van der Waals surface area contributed by atoms with Crippen molar-refractivity contribution in [3.05, 3.63) is 42.2 Å². The third-order valence-corrected chi connectivity index (χ3v) is 5.57. The molecule has 6 nitrogen and oxygen atoms in total. The summed E-state index contributed by atoms with van der Waals surface area (Å²) in [6.45, 7) is 2.79. The third kappa shape index (κ3) is 3.02. The predicted octanol–water partition coefficient (Wildman–Crippen LogP) is 1.93. The highest BCUT2D eigenvalue weighted by Crippen LogP contribution is 2.32. The number of piperidine rings is 1. The van der Waals surface area contributed by atoms with Crippen molar-refractivity contribution in [2.24, 2.45) is 5.92 Å². The van der Waals surface area contributed by atoms with E-state index in [0.717, 1.165) is 37.5 Å². The molecule has 2 saturated heterocycles. The van der Waals surface area contributed by atoms with E-state index in [9.17, 15) is 4.79 Å². The molecular formula is C19H24N4O2. The van der Waals surface area contributed by atoms with Gasteiger partial charge in [-0.05, 0) is 48.7 Å². The van der Waals surface area contributed by atoms with Gasteiger partial charge >= 0.3 is 0 Å². The van der Waals surface area contributed by atoms with Gasteiger partial charge in [0.2, 0.25) is 5.91 Å². The molecule has 2 aromatic rings. The highest BCUT2D eigenvalue weighted by atomic mass is 16.5. The van der Waals surface area contributed by atoms with Crippen LogP contribution in [0.5, 0.6) is 5.75 Å². The van der Waals surface area contributed by atoms with E-state index in [1.54, 1.807) is 13.3 Å². The van der Waals surface area contributed by atoms with E-state index >= 15 is 0 Å². The van der Waals surface area contributed by atoms with E-state index < -0.39 is 0 Å². The van der Waals surface area contributed by atoms with Crippen LogP contribution in [0.15, 0.2) is 36.7 Å². The molecule has 4 rings (SSSR count). The summed E-state index contributed by atoms with van der Waals surface area (Å²) in [4.78, 5) is 16.4. The van der Waals surface area contributed by atoms with E-state index in [4.69, 9.17) is 4.74 Å². The summed E-state index contributed by atoms with van der Waals surface area (Å²) in [5, 5.41) is 4.38. The number of methoxy groups -OCH3 is 1. The summed E-state index contributed by atoms with van der Waals surface area (Å²) in [7, 11) is 3.63. The summed E-state index contributed by atoms with van der Waals surface area (Å²) in [5.41, 5.74) is 2.26. The van der Waals surface area contributed by atoms with Gasteiger partial charge in [0.25, 0.3) is 0 Å². The Balaban J connectivity index is 1.57. The Kier molecular flexibility index (Phi) is 4.21. The maximum atomic E-state index is 12.0. The van der Waals surface area contributed by atoms with Crippen molar-refractivity contribution in [3.8, 4) is 11.4 Å². The fourth-order valence-electron chi connectivity index (χ4n) is 4.11. The second-order valence-corrected chi connectivity index (χ2v) is 7.01. The SMILES string of the molecule is COc1ccc(-n2cccn2)c(CN2CC[C@@H]3CC(=O)N(C)[C@@H]3C2)c1. The van der Waals surface area contributed by atoms with Crippen molar-refractivity contribution in [2.45, 2.75) is 25.4 Å². The van der Waals surface area contributed by atoms with Crippen LogP contribution in [-0.2, 0) is 11.3 Å². The molecular weight excluding hydrogens is 316 g/mol. The van der Waals surface area contributed by atoms with Gasteiger partial charge in [0.05, 0.1) is 12.8 Å². The molecule has 0 aliphatic carbocycles. The summed E-state index contributed by atoms with van der Waals surface area (Å²) < 4.78 is 7.31. The van der Waals surface area contributed by atoms with Gasteiger partial charge in [0.1, 0.15) is 5.75 Å². The van der Waals surface area contributed by atoms with Crippen molar-refractivity contribution in [3.63, 3.8) is 0 Å². The van der Waals surface area contributed by atoms with E-state index in [0.29, 0.717) is 18.4 Å². The highest BCUT2D eigenvalue weighted by molar-refractivity contribution is 5.79. The van der Waals surface area contributed by atoms with Gasteiger partial charge in [-0.2, -0.15) is 5.10 Å². The number of carbonyl (C=O) groups excluding carboxylic acids is 1. The average Bonchev–Trinajstić information content (AvgIpc) is 3.25. The number of likely N-dealkylation sites (N-methyl/N-ethyl adjacent to an activating group) is 1. The topological polar surface area (TPSA) is 50.6 Å². The van der Waals surface area contributed by atoms with Crippen molar-refractivity contribution >= 4 is 5.91 Å². The Morgan fingerprint density at radius 3 is 3.00 bits per heavy atom. The monoisotopic (exact) mass is 340 g/mol. The quantitative estimate of drug-likeness (QED) is 0.853. The molecule has 2 atom stereocenters. The Morgan fingerprint density at radius 1 is 1.36 bits per heavy atom. The van der Waals surface area contributed by atoms with E-state index in [1.165, 1.54) is 5.56 Å². The molecule has 3 heterocycles. The van der Waals surface area contributed by atoms with Gasteiger partial charge in [-0.15, -0.1) is 0 Å². The van der Waals surface area contributed by atoms with Crippen LogP contribution in [0.1, 0.15) is 18.4 Å². The molecule has 1 amide bonds. The van der Waals surface area contributed by atoms with Crippen LogP contribution in [0, 0.1) is 5.92 Å². The number of hydrogen-bond donors (Lipinski definition) is 0. The molecule has 0 unspecified atom stereocenters. The van der Waals surface area contributed by atoms with Gasteiger partial charge in [-0.25, -0.2) is 4.68 Å². The zero-order chi connectivity index (χ0) is 17.4. The first-order valence-electron chi connectivity index (χ1n) is 8.80. The molecule has 0 radical (unpaired) electrons. The Labute approximate surface area is 148 Å². The van der Waals surface area contributed by atoms with Crippen LogP contribution >= 0.6 is 0 Å². The largest absolute Gasteiger partial charge is 0.497 e. The van der Waals surface area contributed by atoms with E-state index in [2.05, 4.69) is 22.1 Å². The van der Waals surface area contributed by atoms with Crippen LogP contribution in [0.4, 0.5) is 0 Å². The number of aromatic nitrogens is 2. The predicted molar refractivity (Wildman–Crippen MR) is 94.7 cm³/mol. The third-order valence-electron chi connectivity index (χ3n) is 5.57. The highest BCUT2D eigenvalue weighted by Gasteiger charge is 2.40. The smallest absolute Gasteiger partial charge is 0.222 e. The lowest BCUT2D eigenvalue weighted by Crippen LogP contribution is -2.47. The molecule has 2 aliphatic rings. The summed E-state index contributed by atoms with van der Waals surface area (Å²) in [5.74, 6) is 1.66. The number of carbonyl (C=O) groups is 1. The molecule has 0 N–H and O–H groups in total. The molecule has 2 aliphatic heterocycles. The lowest BCUT2D eigenvalue weighted by Gasteiger charge is -2.37. The second kappa shape index (κ2) is 6.52. The maximum Gasteiger partial charge on any atom is 0.222 e. The van der Waals surface area contributed by atoms with Crippen LogP contribution < -0.4 is 4.74 Å². The van der Waals surface area contributed by atoms with Gasteiger partial charge < -0.3 is 9.64 Å². The average molecular weight is 340 g/mol. The standard InChI is InChI=1S/C19H24N4O2/c1-21-18-13-22(9-6-14(18)11-19(21)24)12-15-10-16(25-2)4-5-17(15)23-8-3-7-20-23/h3-5,7-8,10,14,18H,6,9,11-13H2,1-2H3/t14-,18-/m1/s1. The lowest BCUT2D eigenvalue weighted by atomic mass is 9.92. The fourth-order valence-corrected chi connectivity index (χ4v) is 4.11. The van der Waals surface area contributed by atoms with Crippen LogP contribution in [0.25, 0.3) is 5.69 Å². The molecule has 0 bridgehead atoms. The molecule has 2 fully saturated rings. The van der Waals surface area contributed by atoms with Gasteiger partial charge in [0, 0.05) is 45.0 Å². The zero-order valence-electron chi connectivity index (χ0n) is 14.8. The molecule has 0 saturated carbocycles. The van der Waals surface area contributed by atoms with Crippen molar-refractivity contribution in [1.29, 1.82) is 0 Å². The number of benzene rings is 1. The Hall–Kier alpha value is -2.34. The van der Waals surface area contributed by atoms with Crippen molar-refractivity contribution in [2.75, 3.05) is 27.2 Å². The Bertz CT molecular complexity index is 759. The minimum Gasteiger partial charge on any atom is -0.497 e. The van der Waals surface area contributed by atoms with E-state index in [-0.39, 0.29) is 5.91 Å².